The number of aromatic nitrogens is 2. The molecule has 0 saturated heterocycles. The molecule has 41 heavy (non-hydrogen) atoms. The van der Waals surface area contributed by atoms with E-state index in [-0.39, 0.29) is 0 Å². The molecule has 0 amide bonds. The second-order valence-electron chi connectivity index (χ2n) is 9.98. The summed E-state index contributed by atoms with van der Waals surface area (Å²) in [6, 6.07) is 39.4. The third-order valence-corrected chi connectivity index (χ3v) is 7.53. The predicted octanol–water partition coefficient (Wildman–Crippen LogP) is 9.28. The van der Waals surface area contributed by atoms with Gasteiger partial charge in [-0.3, -0.25) is 0 Å². The van der Waals surface area contributed by atoms with Crippen molar-refractivity contribution >= 4 is 60.8 Å². The summed E-state index contributed by atoms with van der Waals surface area (Å²) >= 11 is 0. The highest BCUT2D eigenvalue weighted by Gasteiger charge is 2.16. The van der Waals surface area contributed by atoms with Crippen LogP contribution in [0.1, 0.15) is 5.56 Å². The molecule has 0 spiro atoms. The van der Waals surface area contributed by atoms with Gasteiger partial charge in [0.15, 0.2) is 24.0 Å². The molecular formula is C35H20N4O2. The van der Waals surface area contributed by atoms with Gasteiger partial charge in [-0.2, -0.15) is 5.26 Å². The van der Waals surface area contributed by atoms with Gasteiger partial charge in [0.25, 0.3) is 0 Å². The lowest BCUT2D eigenvalue weighted by Crippen LogP contribution is -2.09. The highest BCUT2D eigenvalue weighted by molar-refractivity contribution is 5.95. The number of oxazole rings is 2. The first-order valence-electron chi connectivity index (χ1n) is 13.2. The highest BCUT2D eigenvalue weighted by Crippen LogP contribution is 2.39. The fraction of sp³-hybridized carbons (Fsp3) is 0. The quantitative estimate of drug-likeness (QED) is 0.226. The van der Waals surface area contributed by atoms with Crippen molar-refractivity contribution in [2.75, 3.05) is 4.90 Å². The molecule has 0 N–H and O–H groups in total. The first-order chi connectivity index (χ1) is 20.2. The summed E-state index contributed by atoms with van der Waals surface area (Å²) in [5, 5.41) is 13.7. The zero-order valence-electron chi connectivity index (χ0n) is 21.7. The number of fused-ring (bicyclic) bond motifs is 4. The molecule has 192 valence electrons. The third-order valence-electron chi connectivity index (χ3n) is 7.53. The van der Waals surface area contributed by atoms with E-state index in [9.17, 15) is 5.26 Å². The maximum atomic E-state index is 9.21. The van der Waals surface area contributed by atoms with E-state index in [1.807, 2.05) is 54.6 Å². The maximum absolute atomic E-state index is 9.21. The summed E-state index contributed by atoms with van der Waals surface area (Å²) in [5.74, 6) is 0. The van der Waals surface area contributed by atoms with Crippen LogP contribution in [-0.2, 0) is 0 Å². The van der Waals surface area contributed by atoms with Gasteiger partial charge in [-0.05, 0) is 105 Å². The van der Waals surface area contributed by atoms with E-state index in [4.69, 9.17) is 8.83 Å². The van der Waals surface area contributed by atoms with E-state index in [1.54, 1.807) is 0 Å². The second kappa shape index (κ2) is 9.08. The minimum absolute atomic E-state index is 0.669. The average Bonchev–Trinajstić information content (AvgIpc) is 3.69. The number of hydrogen-bond donors (Lipinski definition) is 0. The van der Waals surface area contributed by atoms with Crippen LogP contribution in [0.15, 0.2) is 131 Å². The smallest absolute Gasteiger partial charge is 0.181 e. The minimum Gasteiger partial charge on any atom is -0.443 e. The SMILES string of the molecule is N#Cc1ccc2cc(-c3ccc4cc(N(c5ccc6ocnc6c5)c5ccc6ocnc6c5)ccc4c3)ccc2c1. The molecule has 2 aromatic heterocycles. The van der Waals surface area contributed by atoms with Gasteiger partial charge < -0.3 is 13.7 Å². The van der Waals surface area contributed by atoms with E-state index in [0.29, 0.717) is 5.56 Å². The van der Waals surface area contributed by atoms with Crippen LogP contribution in [-0.4, -0.2) is 9.97 Å². The Morgan fingerprint density at radius 2 is 1.00 bits per heavy atom. The van der Waals surface area contributed by atoms with E-state index < -0.39 is 0 Å². The molecule has 0 fully saturated rings. The molecule has 0 aliphatic heterocycles. The van der Waals surface area contributed by atoms with Gasteiger partial charge in [0.1, 0.15) is 11.0 Å². The van der Waals surface area contributed by atoms with E-state index >= 15 is 0 Å². The van der Waals surface area contributed by atoms with Crippen molar-refractivity contribution in [3.05, 3.63) is 128 Å². The fourth-order valence-corrected chi connectivity index (χ4v) is 5.46. The molecule has 6 heteroatoms. The molecule has 2 heterocycles. The zero-order chi connectivity index (χ0) is 27.3. The number of nitriles is 1. The van der Waals surface area contributed by atoms with Crippen molar-refractivity contribution in [1.29, 1.82) is 5.26 Å². The topological polar surface area (TPSA) is 79.1 Å². The Morgan fingerprint density at radius 1 is 0.512 bits per heavy atom. The van der Waals surface area contributed by atoms with Gasteiger partial charge in [0.2, 0.25) is 0 Å². The lowest BCUT2D eigenvalue weighted by Gasteiger charge is -2.25. The average molecular weight is 529 g/mol. The molecule has 0 unspecified atom stereocenters. The third kappa shape index (κ3) is 3.96. The summed E-state index contributed by atoms with van der Waals surface area (Å²) in [5.41, 5.74) is 8.94. The fourth-order valence-electron chi connectivity index (χ4n) is 5.46. The van der Waals surface area contributed by atoms with Crippen LogP contribution in [0, 0.1) is 11.3 Å². The van der Waals surface area contributed by atoms with Crippen molar-refractivity contribution in [1.82, 2.24) is 9.97 Å². The van der Waals surface area contributed by atoms with Crippen molar-refractivity contribution in [3.8, 4) is 17.2 Å². The summed E-state index contributed by atoms with van der Waals surface area (Å²) < 4.78 is 11.0. The Morgan fingerprint density at radius 3 is 1.61 bits per heavy atom. The van der Waals surface area contributed by atoms with Gasteiger partial charge in [-0.15, -0.1) is 0 Å². The first kappa shape index (κ1) is 23.0. The van der Waals surface area contributed by atoms with Crippen molar-refractivity contribution in [2.24, 2.45) is 0 Å². The standard InChI is InChI=1S/C35H20N4O2/c36-19-22-1-2-24-14-25(4-3-23(24)13-22)26-5-6-28-16-29(8-7-27(28)15-26)39(30-9-11-34-32(17-30)37-20-40-34)31-10-12-35-33(18-31)38-21-41-35/h1-18,20-21H. The molecule has 0 radical (unpaired) electrons. The Balaban J connectivity index is 1.22. The Kier molecular flexibility index (Phi) is 5.09. The monoisotopic (exact) mass is 528 g/mol. The molecule has 8 aromatic rings. The van der Waals surface area contributed by atoms with Gasteiger partial charge in [0.05, 0.1) is 11.6 Å². The Labute approximate surface area is 234 Å². The molecule has 0 aliphatic carbocycles. The van der Waals surface area contributed by atoms with Crippen LogP contribution in [0.25, 0.3) is 54.9 Å². The summed E-state index contributed by atoms with van der Waals surface area (Å²) in [7, 11) is 0. The van der Waals surface area contributed by atoms with Crippen LogP contribution in [0.4, 0.5) is 17.1 Å². The number of benzene rings is 6. The Bertz CT molecular complexity index is 2230. The Hall–Kier alpha value is -5.93. The molecule has 0 saturated carbocycles. The van der Waals surface area contributed by atoms with Crippen LogP contribution in [0.2, 0.25) is 0 Å². The van der Waals surface area contributed by atoms with Gasteiger partial charge in [-0.1, -0.05) is 36.4 Å². The number of rotatable bonds is 4. The molecule has 6 aromatic carbocycles. The lowest BCUT2D eigenvalue weighted by atomic mass is 9.97. The van der Waals surface area contributed by atoms with Crippen molar-refractivity contribution < 1.29 is 8.83 Å². The van der Waals surface area contributed by atoms with Gasteiger partial charge in [-0.25, -0.2) is 9.97 Å². The molecule has 6 nitrogen and oxygen atoms in total. The summed E-state index contributed by atoms with van der Waals surface area (Å²) in [6.45, 7) is 0. The van der Waals surface area contributed by atoms with Crippen LogP contribution < -0.4 is 4.90 Å². The number of nitrogens with zero attached hydrogens (tertiary/aromatic N) is 4. The number of hydrogen-bond acceptors (Lipinski definition) is 6. The molecule has 0 bridgehead atoms. The first-order valence-corrected chi connectivity index (χ1v) is 13.2. The van der Waals surface area contributed by atoms with Crippen molar-refractivity contribution in [2.45, 2.75) is 0 Å². The van der Waals surface area contributed by atoms with Crippen LogP contribution in [0.3, 0.4) is 0 Å². The van der Waals surface area contributed by atoms with Crippen molar-refractivity contribution in [3.63, 3.8) is 0 Å². The number of anilines is 3. The normalized spacial score (nSPS) is 11.4. The maximum Gasteiger partial charge on any atom is 0.181 e. The molecule has 0 atom stereocenters. The van der Waals surface area contributed by atoms with E-state index in [0.717, 1.165) is 71.9 Å². The van der Waals surface area contributed by atoms with E-state index in [2.05, 4.69) is 75.5 Å². The molecular weight excluding hydrogens is 508 g/mol. The minimum atomic E-state index is 0.669. The van der Waals surface area contributed by atoms with Gasteiger partial charge in [0, 0.05) is 17.1 Å². The molecule has 8 rings (SSSR count). The predicted molar refractivity (Wildman–Crippen MR) is 161 cm³/mol. The summed E-state index contributed by atoms with van der Waals surface area (Å²) in [4.78, 5) is 10.9. The largest absolute Gasteiger partial charge is 0.443 e. The zero-order valence-corrected chi connectivity index (χ0v) is 21.7. The van der Waals surface area contributed by atoms with E-state index in [1.165, 1.54) is 12.8 Å². The van der Waals surface area contributed by atoms with Crippen LogP contribution >= 0.6 is 0 Å². The summed E-state index contributed by atoms with van der Waals surface area (Å²) in [6.07, 6.45) is 2.93. The van der Waals surface area contributed by atoms with Gasteiger partial charge >= 0.3 is 0 Å². The highest BCUT2D eigenvalue weighted by atomic mass is 16.3. The lowest BCUT2D eigenvalue weighted by molar-refractivity contribution is 0.602. The second-order valence-corrected chi connectivity index (χ2v) is 9.98. The molecule has 0 aliphatic rings. The van der Waals surface area contributed by atoms with Crippen LogP contribution in [0.5, 0.6) is 0 Å².